The molecule has 136 valence electrons. The molecule has 3 heterocycles. The van der Waals surface area contributed by atoms with Crippen molar-refractivity contribution in [3.8, 4) is 0 Å². The molecule has 0 spiro atoms. The molecular formula is C17H24N4O2S2. The van der Waals surface area contributed by atoms with Crippen molar-refractivity contribution in [2.75, 3.05) is 31.9 Å². The van der Waals surface area contributed by atoms with Crippen molar-refractivity contribution < 1.29 is 9.21 Å². The van der Waals surface area contributed by atoms with Crippen LogP contribution in [-0.2, 0) is 16.8 Å². The van der Waals surface area contributed by atoms with E-state index in [1.165, 1.54) is 16.6 Å². The molecule has 0 aliphatic carbocycles. The van der Waals surface area contributed by atoms with Gasteiger partial charge in [-0.05, 0) is 11.4 Å². The number of thioether (sulfide) groups is 1. The first-order chi connectivity index (χ1) is 11.9. The minimum Gasteiger partial charge on any atom is -0.415 e. The van der Waals surface area contributed by atoms with Crippen LogP contribution in [0.15, 0.2) is 27.2 Å². The van der Waals surface area contributed by atoms with Gasteiger partial charge < -0.3 is 9.32 Å². The summed E-state index contributed by atoms with van der Waals surface area (Å²) in [7, 11) is 0. The monoisotopic (exact) mass is 380 g/mol. The maximum Gasteiger partial charge on any atom is 0.277 e. The summed E-state index contributed by atoms with van der Waals surface area (Å²) < 4.78 is 5.62. The summed E-state index contributed by atoms with van der Waals surface area (Å²) in [5.74, 6) is 1.08. The molecule has 1 saturated heterocycles. The van der Waals surface area contributed by atoms with Crippen LogP contribution in [0.3, 0.4) is 0 Å². The number of hydrogen-bond acceptors (Lipinski definition) is 7. The average Bonchev–Trinajstić information content (AvgIpc) is 3.24. The minimum absolute atomic E-state index is 0.135. The fraction of sp³-hybridized carbons (Fsp3) is 0.588. The van der Waals surface area contributed by atoms with Crippen LogP contribution in [0.1, 0.15) is 31.5 Å². The molecule has 0 aromatic carbocycles. The number of aromatic nitrogens is 2. The van der Waals surface area contributed by atoms with Gasteiger partial charge in [0.25, 0.3) is 5.22 Å². The number of carbonyl (C=O) groups excluding carboxylic acids is 1. The van der Waals surface area contributed by atoms with Gasteiger partial charge in [0.05, 0.1) is 5.75 Å². The van der Waals surface area contributed by atoms with E-state index in [4.69, 9.17) is 4.42 Å². The molecule has 0 N–H and O–H groups in total. The number of nitrogens with zero attached hydrogens (tertiary/aromatic N) is 4. The molecular weight excluding hydrogens is 356 g/mol. The first-order valence-corrected chi connectivity index (χ1v) is 10.3. The molecule has 0 bridgehead atoms. The number of thiophene rings is 1. The van der Waals surface area contributed by atoms with Crippen LogP contribution in [0, 0.1) is 0 Å². The highest BCUT2D eigenvalue weighted by atomic mass is 32.2. The third-order valence-corrected chi connectivity index (χ3v) is 5.72. The highest BCUT2D eigenvalue weighted by molar-refractivity contribution is 7.99. The van der Waals surface area contributed by atoms with Crippen LogP contribution in [0.5, 0.6) is 0 Å². The lowest BCUT2D eigenvalue weighted by atomic mass is 9.97. The molecule has 0 atom stereocenters. The molecule has 25 heavy (non-hydrogen) atoms. The van der Waals surface area contributed by atoms with E-state index in [1.54, 1.807) is 11.3 Å². The first kappa shape index (κ1) is 18.4. The van der Waals surface area contributed by atoms with E-state index in [-0.39, 0.29) is 11.3 Å². The van der Waals surface area contributed by atoms with Crippen LogP contribution >= 0.6 is 23.1 Å². The van der Waals surface area contributed by atoms with Crippen LogP contribution in [0.25, 0.3) is 0 Å². The van der Waals surface area contributed by atoms with Gasteiger partial charge in [-0.15, -0.1) is 21.5 Å². The molecule has 2 aromatic heterocycles. The third-order valence-electron chi connectivity index (χ3n) is 4.05. The molecule has 0 unspecified atom stereocenters. The van der Waals surface area contributed by atoms with Gasteiger partial charge in [0.15, 0.2) is 0 Å². The van der Waals surface area contributed by atoms with E-state index in [9.17, 15) is 4.79 Å². The van der Waals surface area contributed by atoms with Crippen LogP contribution in [0.2, 0.25) is 0 Å². The molecule has 1 fully saturated rings. The maximum absolute atomic E-state index is 12.4. The van der Waals surface area contributed by atoms with E-state index in [0.717, 1.165) is 32.7 Å². The number of rotatable bonds is 5. The number of amides is 1. The van der Waals surface area contributed by atoms with E-state index in [0.29, 0.717) is 16.9 Å². The second-order valence-electron chi connectivity index (χ2n) is 7.15. The summed E-state index contributed by atoms with van der Waals surface area (Å²) in [6, 6.07) is 4.24. The highest BCUT2D eigenvalue weighted by Gasteiger charge is 2.24. The van der Waals surface area contributed by atoms with Gasteiger partial charge in [-0.1, -0.05) is 38.6 Å². The van der Waals surface area contributed by atoms with Crippen molar-refractivity contribution in [1.29, 1.82) is 0 Å². The summed E-state index contributed by atoms with van der Waals surface area (Å²) in [6.45, 7) is 10.4. The molecule has 1 aliphatic rings. The molecule has 1 aliphatic heterocycles. The van der Waals surface area contributed by atoms with Gasteiger partial charge in [0.2, 0.25) is 11.8 Å². The Balaban J connectivity index is 1.43. The quantitative estimate of drug-likeness (QED) is 0.744. The van der Waals surface area contributed by atoms with Crippen molar-refractivity contribution in [2.24, 2.45) is 0 Å². The number of piperazine rings is 1. The van der Waals surface area contributed by atoms with Gasteiger partial charge in [-0.25, -0.2) is 0 Å². The second kappa shape index (κ2) is 7.88. The van der Waals surface area contributed by atoms with Crippen LogP contribution < -0.4 is 0 Å². The lowest BCUT2D eigenvalue weighted by molar-refractivity contribution is -0.130. The predicted octanol–water partition coefficient (Wildman–Crippen LogP) is 2.87. The normalized spacial score (nSPS) is 16.4. The third kappa shape index (κ3) is 5.05. The standard InChI is InChI=1S/C17H24N4O2S2/c1-17(2,3)15-18-19-16(23-15)25-12-14(22)21-8-6-20(7-9-21)11-13-5-4-10-24-13/h4-5,10H,6-9,11-12H2,1-3H3. The molecule has 8 heteroatoms. The number of hydrogen-bond donors (Lipinski definition) is 0. The van der Waals surface area contributed by atoms with Gasteiger partial charge in [-0.3, -0.25) is 9.69 Å². The van der Waals surface area contributed by atoms with E-state index in [2.05, 4.69) is 32.6 Å². The number of carbonyl (C=O) groups is 1. The zero-order valence-corrected chi connectivity index (χ0v) is 16.5. The topological polar surface area (TPSA) is 62.5 Å². The van der Waals surface area contributed by atoms with Crippen LogP contribution in [-0.4, -0.2) is 57.8 Å². The van der Waals surface area contributed by atoms with Gasteiger partial charge in [0.1, 0.15) is 0 Å². The van der Waals surface area contributed by atoms with Crippen molar-refractivity contribution in [2.45, 2.75) is 38.0 Å². The van der Waals surface area contributed by atoms with Crippen molar-refractivity contribution in [3.05, 3.63) is 28.3 Å². The summed E-state index contributed by atoms with van der Waals surface area (Å²) in [5, 5.41) is 10.7. The maximum atomic E-state index is 12.4. The summed E-state index contributed by atoms with van der Waals surface area (Å²) in [6.07, 6.45) is 0. The Morgan fingerprint density at radius 1 is 1.28 bits per heavy atom. The van der Waals surface area contributed by atoms with E-state index >= 15 is 0 Å². The zero-order valence-electron chi connectivity index (χ0n) is 14.9. The largest absolute Gasteiger partial charge is 0.415 e. The lowest BCUT2D eigenvalue weighted by Gasteiger charge is -2.34. The SMILES string of the molecule is CC(C)(C)c1nnc(SCC(=O)N2CCN(Cc3cccs3)CC2)o1. The van der Waals surface area contributed by atoms with Crippen molar-refractivity contribution in [3.63, 3.8) is 0 Å². The minimum atomic E-state index is -0.172. The van der Waals surface area contributed by atoms with Crippen molar-refractivity contribution in [1.82, 2.24) is 20.0 Å². The molecule has 6 nitrogen and oxygen atoms in total. The highest BCUT2D eigenvalue weighted by Crippen LogP contribution is 2.25. The summed E-state index contributed by atoms with van der Waals surface area (Å²) in [5.41, 5.74) is -0.172. The molecule has 1 amide bonds. The lowest BCUT2D eigenvalue weighted by Crippen LogP contribution is -2.48. The molecule has 0 saturated carbocycles. The predicted molar refractivity (Wildman–Crippen MR) is 99.9 cm³/mol. The van der Waals surface area contributed by atoms with Gasteiger partial charge in [0, 0.05) is 43.0 Å². The fourth-order valence-corrected chi connectivity index (χ4v) is 3.98. The fourth-order valence-electron chi connectivity index (χ4n) is 2.56. The average molecular weight is 381 g/mol. The Bertz CT molecular complexity index is 686. The second-order valence-corrected chi connectivity index (χ2v) is 9.11. The van der Waals surface area contributed by atoms with E-state index < -0.39 is 0 Å². The summed E-state index contributed by atoms with van der Waals surface area (Å²) >= 11 is 3.10. The zero-order chi connectivity index (χ0) is 17.9. The molecule has 0 radical (unpaired) electrons. The Morgan fingerprint density at radius 3 is 2.64 bits per heavy atom. The Kier molecular flexibility index (Phi) is 5.81. The van der Waals surface area contributed by atoms with Crippen molar-refractivity contribution >= 4 is 29.0 Å². The first-order valence-electron chi connectivity index (χ1n) is 8.41. The Labute approximate surface area is 156 Å². The smallest absolute Gasteiger partial charge is 0.277 e. The Hall–Kier alpha value is -1.38. The summed E-state index contributed by atoms with van der Waals surface area (Å²) in [4.78, 5) is 18.1. The van der Waals surface area contributed by atoms with Crippen LogP contribution in [0.4, 0.5) is 0 Å². The van der Waals surface area contributed by atoms with E-state index in [1.807, 2.05) is 25.7 Å². The van der Waals surface area contributed by atoms with Gasteiger partial charge in [-0.2, -0.15) is 0 Å². The molecule has 3 rings (SSSR count). The molecule has 2 aromatic rings. The van der Waals surface area contributed by atoms with Gasteiger partial charge >= 0.3 is 0 Å². The Morgan fingerprint density at radius 2 is 2.04 bits per heavy atom.